The lowest BCUT2D eigenvalue weighted by molar-refractivity contribution is -0.156. The highest BCUT2D eigenvalue weighted by Gasteiger charge is 2.57. The molecule has 54 heavy (non-hydrogen) atoms. The molecule has 1 aromatic heterocycles. The van der Waals surface area contributed by atoms with Gasteiger partial charge >= 0.3 is 0 Å². The van der Waals surface area contributed by atoms with E-state index in [2.05, 4.69) is 15.6 Å². The molecule has 0 bridgehead atoms. The minimum absolute atomic E-state index is 0.0572. The van der Waals surface area contributed by atoms with Gasteiger partial charge in [0.05, 0.1) is 42.7 Å². The summed E-state index contributed by atoms with van der Waals surface area (Å²) in [6.45, 7) is 9.64. The SMILES string of the molecule is CCC(C)C(C(CC(=O)N1CCC[C@H]1C(OC)C(C)C(=O)NC(Cc1ccccc1)c1nccs1)OC)N(C)C(=O)C(N)(C(=O)[C@]1(F)CCNC1)C(C)C. The number of amides is 3. The zero-order valence-corrected chi connectivity index (χ0v) is 34.0. The number of likely N-dealkylation sites (N-methyl/N-ethyl adjacent to an activating group) is 1. The van der Waals surface area contributed by atoms with Crippen LogP contribution in [0.15, 0.2) is 41.9 Å². The van der Waals surface area contributed by atoms with Crippen LogP contribution in [0.4, 0.5) is 4.39 Å². The maximum Gasteiger partial charge on any atom is 0.250 e. The van der Waals surface area contributed by atoms with E-state index < -0.39 is 53.0 Å². The van der Waals surface area contributed by atoms with Crippen molar-refractivity contribution < 1.29 is 33.0 Å². The molecule has 0 aliphatic carbocycles. The molecular formula is C40H61FN6O6S. The average Bonchev–Trinajstić information content (AvgIpc) is 3.97. The van der Waals surface area contributed by atoms with Gasteiger partial charge in [0.15, 0.2) is 11.2 Å². The Morgan fingerprint density at radius 3 is 2.43 bits per heavy atom. The van der Waals surface area contributed by atoms with Crippen LogP contribution in [0, 0.1) is 17.8 Å². The number of halogens is 1. The molecule has 0 spiro atoms. The van der Waals surface area contributed by atoms with E-state index >= 15 is 4.39 Å². The maximum atomic E-state index is 15.9. The average molecular weight is 773 g/mol. The van der Waals surface area contributed by atoms with E-state index in [1.165, 1.54) is 23.3 Å². The van der Waals surface area contributed by atoms with Crippen molar-refractivity contribution in [3.05, 3.63) is 52.5 Å². The molecule has 4 rings (SSSR count). The molecule has 1 aromatic carbocycles. The molecule has 2 aliphatic heterocycles. The second kappa shape index (κ2) is 19.0. The summed E-state index contributed by atoms with van der Waals surface area (Å²) in [6.07, 6.45) is 2.85. The lowest BCUT2D eigenvalue weighted by atomic mass is 9.75. The van der Waals surface area contributed by atoms with Gasteiger partial charge in [-0.1, -0.05) is 71.4 Å². The number of benzene rings is 1. The largest absolute Gasteiger partial charge is 0.379 e. The van der Waals surface area contributed by atoms with Gasteiger partial charge in [-0.25, -0.2) is 9.37 Å². The number of ketones is 1. The lowest BCUT2D eigenvalue weighted by Gasteiger charge is -2.44. The van der Waals surface area contributed by atoms with Gasteiger partial charge in [-0.15, -0.1) is 11.3 Å². The molecule has 2 aromatic rings. The predicted octanol–water partition coefficient (Wildman–Crippen LogP) is 4.09. The molecule has 0 saturated carbocycles. The predicted molar refractivity (Wildman–Crippen MR) is 207 cm³/mol. The number of likely N-dealkylation sites (tertiary alicyclic amines) is 1. The van der Waals surface area contributed by atoms with Crippen molar-refractivity contribution >= 4 is 34.8 Å². The van der Waals surface area contributed by atoms with E-state index in [1.54, 1.807) is 39.1 Å². The molecule has 12 nitrogen and oxygen atoms in total. The molecule has 3 amide bonds. The first kappa shape index (κ1) is 43.4. The van der Waals surface area contributed by atoms with Crippen LogP contribution in [0.5, 0.6) is 0 Å². The highest BCUT2D eigenvalue weighted by Crippen LogP contribution is 2.34. The molecular weight excluding hydrogens is 712 g/mol. The van der Waals surface area contributed by atoms with Gasteiger partial charge in [-0.2, -0.15) is 0 Å². The van der Waals surface area contributed by atoms with Crippen LogP contribution >= 0.6 is 11.3 Å². The van der Waals surface area contributed by atoms with Crippen molar-refractivity contribution in [2.24, 2.45) is 23.5 Å². The summed E-state index contributed by atoms with van der Waals surface area (Å²) in [5.74, 6) is -3.48. The summed E-state index contributed by atoms with van der Waals surface area (Å²) >= 11 is 1.49. The summed E-state index contributed by atoms with van der Waals surface area (Å²) < 4.78 is 27.8. The number of aromatic nitrogens is 1. The van der Waals surface area contributed by atoms with E-state index in [4.69, 9.17) is 15.2 Å². The topological polar surface area (TPSA) is 156 Å². The fourth-order valence-electron chi connectivity index (χ4n) is 8.18. The second-order valence-electron chi connectivity index (χ2n) is 15.4. The van der Waals surface area contributed by atoms with Crippen molar-refractivity contribution in [1.29, 1.82) is 0 Å². The number of rotatable bonds is 19. The van der Waals surface area contributed by atoms with E-state index in [1.807, 2.05) is 56.5 Å². The molecule has 4 N–H and O–H groups in total. The highest BCUT2D eigenvalue weighted by atomic mass is 32.1. The molecule has 300 valence electrons. The van der Waals surface area contributed by atoms with Gasteiger partial charge in [0.1, 0.15) is 5.01 Å². The fourth-order valence-corrected chi connectivity index (χ4v) is 8.87. The van der Waals surface area contributed by atoms with Crippen LogP contribution in [-0.4, -0.2) is 115 Å². The van der Waals surface area contributed by atoms with Gasteiger partial charge in [-0.3, -0.25) is 19.2 Å². The standard InChI is InChI=1S/C40H61FN6O6S/c1-9-26(4)33(46(6)38(51)40(42,25(2)3)37(50)39(41)17-18-43-24-39)31(52-7)23-32(48)47-20-13-16-30(47)34(53-8)27(5)35(49)45-29(36-44-19-21-54-36)22-28-14-11-10-12-15-28/h10-12,14-15,19,21,25-27,29-31,33-34,43H,9,13,16-18,20,22-24,42H2,1-8H3,(H,45,49)/t26?,27?,29?,30-,31?,33?,34?,39-,40?/m0/s1. The van der Waals surface area contributed by atoms with Crippen LogP contribution in [0.2, 0.25) is 0 Å². The quantitative estimate of drug-likeness (QED) is 0.179. The summed E-state index contributed by atoms with van der Waals surface area (Å²) in [5, 5.41) is 8.78. The van der Waals surface area contributed by atoms with E-state index in [9.17, 15) is 19.2 Å². The summed E-state index contributed by atoms with van der Waals surface area (Å²) in [7, 11) is 4.62. The van der Waals surface area contributed by atoms with Gasteiger partial charge in [-0.05, 0) is 43.2 Å². The molecule has 7 unspecified atom stereocenters. The molecule has 2 saturated heterocycles. The molecule has 14 heteroatoms. The third-order valence-corrected chi connectivity index (χ3v) is 12.6. The number of hydrogen-bond donors (Lipinski definition) is 3. The van der Waals surface area contributed by atoms with Gasteiger partial charge in [0.25, 0.3) is 5.91 Å². The number of nitrogens with one attached hydrogen (secondary N) is 2. The van der Waals surface area contributed by atoms with Crippen LogP contribution in [0.25, 0.3) is 0 Å². The second-order valence-corrected chi connectivity index (χ2v) is 16.3. The number of nitrogens with two attached hydrogens (primary N) is 1. The zero-order valence-electron chi connectivity index (χ0n) is 33.2. The third kappa shape index (κ3) is 9.38. The van der Waals surface area contributed by atoms with Crippen molar-refractivity contribution in [2.75, 3.05) is 40.9 Å². The first-order chi connectivity index (χ1) is 25.6. The molecule has 2 fully saturated rings. The Kier molecular flexibility index (Phi) is 15.3. The van der Waals surface area contributed by atoms with Crippen molar-refractivity contribution in [2.45, 2.75) is 115 Å². The zero-order chi connectivity index (χ0) is 39.8. The maximum absolute atomic E-state index is 15.9. The number of nitrogens with zero attached hydrogens (tertiary/aromatic N) is 3. The van der Waals surface area contributed by atoms with Crippen LogP contribution in [-0.2, 0) is 35.1 Å². The first-order valence-corrected chi connectivity index (χ1v) is 20.1. The molecule has 3 heterocycles. The summed E-state index contributed by atoms with van der Waals surface area (Å²) in [6, 6.07) is 8.57. The Morgan fingerprint density at radius 1 is 1.17 bits per heavy atom. The molecule has 9 atom stereocenters. The first-order valence-electron chi connectivity index (χ1n) is 19.2. The Balaban J connectivity index is 1.52. The van der Waals surface area contributed by atoms with Crippen LogP contribution < -0.4 is 16.4 Å². The highest BCUT2D eigenvalue weighted by molar-refractivity contribution is 7.09. The Bertz CT molecular complexity index is 1540. The fraction of sp³-hybridized carbons (Fsp3) is 0.675. The van der Waals surface area contributed by atoms with E-state index in [0.717, 1.165) is 17.0 Å². The van der Waals surface area contributed by atoms with Gasteiger partial charge < -0.3 is 35.6 Å². The number of carbonyl (C=O) groups excluding carboxylic acids is 4. The lowest BCUT2D eigenvalue weighted by Crippen LogP contribution is -2.70. The van der Waals surface area contributed by atoms with Gasteiger partial charge in [0.2, 0.25) is 17.6 Å². The molecule has 2 aliphatic rings. The summed E-state index contributed by atoms with van der Waals surface area (Å²) in [5.41, 5.74) is 3.36. The molecule has 0 radical (unpaired) electrons. The van der Waals surface area contributed by atoms with Gasteiger partial charge in [0, 0.05) is 52.4 Å². The van der Waals surface area contributed by atoms with Crippen LogP contribution in [0.1, 0.15) is 83.3 Å². The third-order valence-electron chi connectivity index (χ3n) is 11.7. The Hall–Kier alpha value is -3.30. The number of carbonyl (C=O) groups is 4. The minimum Gasteiger partial charge on any atom is -0.379 e. The normalized spacial score (nSPS) is 23.2. The Morgan fingerprint density at radius 2 is 1.87 bits per heavy atom. The number of alkyl halides is 1. The van der Waals surface area contributed by atoms with Crippen molar-refractivity contribution in [1.82, 2.24) is 25.4 Å². The number of thiazole rings is 1. The van der Waals surface area contributed by atoms with Crippen molar-refractivity contribution in [3.8, 4) is 0 Å². The number of Topliss-reactive ketones (excluding diaryl/α,β-unsaturated/α-hetero) is 1. The number of hydrogen-bond acceptors (Lipinski definition) is 10. The number of methoxy groups -OCH3 is 2. The minimum atomic E-state index is -2.25. The van der Waals surface area contributed by atoms with E-state index in [-0.39, 0.29) is 49.2 Å². The number of ether oxygens (including phenoxy) is 2. The Labute approximate surface area is 324 Å². The summed E-state index contributed by atoms with van der Waals surface area (Å²) in [4.78, 5) is 63.9. The monoisotopic (exact) mass is 772 g/mol. The van der Waals surface area contributed by atoms with E-state index in [0.29, 0.717) is 32.4 Å². The van der Waals surface area contributed by atoms with Crippen molar-refractivity contribution in [3.63, 3.8) is 0 Å². The van der Waals surface area contributed by atoms with Crippen LogP contribution in [0.3, 0.4) is 0 Å². The smallest absolute Gasteiger partial charge is 0.250 e.